The topological polar surface area (TPSA) is 41.8 Å². The number of oxime groups is 1. The van der Waals surface area contributed by atoms with Gasteiger partial charge in [0.05, 0.1) is 11.8 Å². The van der Waals surface area contributed by atoms with Crippen LogP contribution in [0.3, 0.4) is 0 Å². The molecule has 1 N–H and O–H groups in total. The average Bonchev–Trinajstić information content (AvgIpc) is 2.44. The average molecular weight is 279 g/mol. The Balaban J connectivity index is 2.17. The van der Waals surface area contributed by atoms with Gasteiger partial charge in [0.1, 0.15) is 11.6 Å². The summed E-state index contributed by atoms with van der Waals surface area (Å²) in [5.74, 6) is 1.59. The number of ether oxygens (including phenoxy) is 1. The molecule has 2 rings (SSSR count). The Hall–Kier alpha value is -1.58. The largest absolute Gasteiger partial charge is 0.490 e. The molecule has 3 atom stereocenters. The van der Waals surface area contributed by atoms with Gasteiger partial charge >= 0.3 is 0 Å². The van der Waals surface area contributed by atoms with E-state index in [1.54, 1.807) is 13.0 Å². The summed E-state index contributed by atoms with van der Waals surface area (Å²) in [5, 5.41) is 12.0. The molecule has 1 aliphatic rings. The Morgan fingerprint density at radius 2 is 2.05 bits per heavy atom. The van der Waals surface area contributed by atoms with Gasteiger partial charge in [-0.15, -0.1) is 0 Å². The van der Waals surface area contributed by atoms with Crippen LogP contribution >= 0.6 is 0 Å². The smallest absolute Gasteiger partial charge is 0.129 e. The van der Waals surface area contributed by atoms with Crippen molar-refractivity contribution in [3.05, 3.63) is 29.6 Å². The Kier molecular flexibility index (Phi) is 4.63. The summed E-state index contributed by atoms with van der Waals surface area (Å²) in [6.45, 7) is 6.15. The van der Waals surface area contributed by atoms with E-state index < -0.39 is 0 Å². The third kappa shape index (κ3) is 3.30. The maximum Gasteiger partial charge on any atom is 0.129 e. The fourth-order valence-corrected chi connectivity index (χ4v) is 2.73. The first-order chi connectivity index (χ1) is 9.51. The number of hydrogen-bond acceptors (Lipinski definition) is 3. The van der Waals surface area contributed by atoms with Crippen molar-refractivity contribution >= 4 is 5.71 Å². The molecule has 1 fully saturated rings. The summed E-state index contributed by atoms with van der Waals surface area (Å²) >= 11 is 0. The van der Waals surface area contributed by atoms with Gasteiger partial charge in [0.15, 0.2) is 0 Å². The number of benzene rings is 1. The molecule has 3 nitrogen and oxygen atoms in total. The molecular weight excluding hydrogens is 257 g/mol. The molecular formula is C16H22FNO2. The van der Waals surface area contributed by atoms with Crippen LogP contribution in [0.25, 0.3) is 0 Å². The molecule has 1 saturated carbocycles. The van der Waals surface area contributed by atoms with Crippen LogP contribution in [0, 0.1) is 17.7 Å². The van der Waals surface area contributed by atoms with Gasteiger partial charge < -0.3 is 9.94 Å². The van der Waals surface area contributed by atoms with Crippen molar-refractivity contribution in [3.8, 4) is 5.75 Å². The van der Waals surface area contributed by atoms with Crippen LogP contribution < -0.4 is 4.74 Å². The first-order valence-electron chi connectivity index (χ1n) is 7.16. The summed E-state index contributed by atoms with van der Waals surface area (Å²) in [6, 6.07) is 4.33. The highest BCUT2D eigenvalue weighted by atomic mass is 19.1. The standard InChI is InChI=1S/C16H22FNO2/c1-10-4-6-14(8-11(10)2)20-16-7-5-13(17)9-15(16)12(3)18-19/h5,7,9-11,14,19H,4,6,8H2,1-3H3/b18-12+. The molecule has 4 heteroatoms. The van der Waals surface area contributed by atoms with Gasteiger partial charge in [-0.05, 0) is 56.2 Å². The van der Waals surface area contributed by atoms with E-state index in [2.05, 4.69) is 19.0 Å². The first kappa shape index (κ1) is 14.8. The summed E-state index contributed by atoms with van der Waals surface area (Å²) in [7, 11) is 0. The van der Waals surface area contributed by atoms with E-state index in [-0.39, 0.29) is 11.9 Å². The van der Waals surface area contributed by atoms with E-state index in [1.807, 2.05) is 0 Å². The summed E-state index contributed by atoms with van der Waals surface area (Å²) < 4.78 is 19.4. The summed E-state index contributed by atoms with van der Waals surface area (Å²) in [6.07, 6.45) is 3.32. The van der Waals surface area contributed by atoms with Gasteiger partial charge in [0.25, 0.3) is 0 Å². The maximum atomic E-state index is 13.3. The Morgan fingerprint density at radius 1 is 1.30 bits per heavy atom. The lowest BCUT2D eigenvalue weighted by Crippen LogP contribution is -2.29. The van der Waals surface area contributed by atoms with Gasteiger partial charge in [-0.2, -0.15) is 0 Å². The Morgan fingerprint density at radius 3 is 2.70 bits per heavy atom. The third-order valence-corrected chi connectivity index (χ3v) is 4.33. The molecule has 110 valence electrons. The van der Waals surface area contributed by atoms with Gasteiger partial charge in [-0.1, -0.05) is 19.0 Å². The van der Waals surface area contributed by atoms with Crippen molar-refractivity contribution in [3.63, 3.8) is 0 Å². The predicted octanol–water partition coefficient (Wildman–Crippen LogP) is 4.23. The minimum atomic E-state index is -0.360. The lowest BCUT2D eigenvalue weighted by molar-refractivity contribution is 0.100. The number of halogens is 1. The van der Waals surface area contributed by atoms with Crippen molar-refractivity contribution in [2.75, 3.05) is 0 Å². The zero-order valence-corrected chi connectivity index (χ0v) is 12.3. The highest BCUT2D eigenvalue weighted by Crippen LogP contribution is 2.33. The highest BCUT2D eigenvalue weighted by Gasteiger charge is 2.26. The summed E-state index contributed by atoms with van der Waals surface area (Å²) in [4.78, 5) is 0. The van der Waals surface area contributed by atoms with Crippen molar-refractivity contribution in [1.29, 1.82) is 0 Å². The van der Waals surface area contributed by atoms with Gasteiger partial charge in [-0.25, -0.2) is 4.39 Å². The minimum Gasteiger partial charge on any atom is -0.490 e. The molecule has 1 aliphatic carbocycles. The minimum absolute atomic E-state index is 0.150. The molecule has 0 aliphatic heterocycles. The van der Waals surface area contributed by atoms with Crippen molar-refractivity contribution < 1.29 is 14.3 Å². The van der Waals surface area contributed by atoms with E-state index in [0.29, 0.717) is 22.9 Å². The normalized spacial score (nSPS) is 27.4. The van der Waals surface area contributed by atoms with Crippen molar-refractivity contribution in [1.82, 2.24) is 0 Å². The van der Waals surface area contributed by atoms with Crippen LogP contribution in [0.5, 0.6) is 5.75 Å². The molecule has 3 unspecified atom stereocenters. The second kappa shape index (κ2) is 6.25. The Labute approximate surface area is 119 Å². The van der Waals surface area contributed by atoms with Gasteiger partial charge in [-0.3, -0.25) is 0 Å². The third-order valence-electron chi connectivity index (χ3n) is 4.33. The second-order valence-electron chi connectivity index (χ2n) is 5.83. The lowest BCUT2D eigenvalue weighted by Gasteiger charge is -2.32. The molecule has 20 heavy (non-hydrogen) atoms. The Bertz CT molecular complexity index is 501. The monoisotopic (exact) mass is 279 g/mol. The number of rotatable bonds is 3. The number of hydrogen-bond donors (Lipinski definition) is 1. The second-order valence-corrected chi connectivity index (χ2v) is 5.83. The SMILES string of the molecule is C/C(=N\O)c1cc(F)ccc1OC1CCC(C)C(C)C1. The molecule has 0 bridgehead atoms. The van der Waals surface area contributed by atoms with Crippen LogP contribution in [0.4, 0.5) is 4.39 Å². The van der Waals surface area contributed by atoms with E-state index in [1.165, 1.54) is 12.1 Å². The molecule has 1 aromatic rings. The maximum absolute atomic E-state index is 13.3. The van der Waals surface area contributed by atoms with E-state index in [4.69, 9.17) is 9.94 Å². The first-order valence-corrected chi connectivity index (χ1v) is 7.16. The molecule has 0 saturated heterocycles. The lowest BCUT2D eigenvalue weighted by atomic mass is 9.80. The fraction of sp³-hybridized carbons (Fsp3) is 0.562. The molecule has 0 heterocycles. The van der Waals surface area contributed by atoms with Crippen LogP contribution in [0.2, 0.25) is 0 Å². The van der Waals surface area contributed by atoms with Crippen molar-refractivity contribution in [2.24, 2.45) is 17.0 Å². The number of nitrogens with zero attached hydrogens (tertiary/aromatic N) is 1. The van der Waals surface area contributed by atoms with Crippen LogP contribution in [0.15, 0.2) is 23.4 Å². The van der Waals surface area contributed by atoms with Crippen molar-refractivity contribution in [2.45, 2.75) is 46.1 Å². The van der Waals surface area contributed by atoms with Crippen LogP contribution in [-0.4, -0.2) is 17.0 Å². The fourth-order valence-electron chi connectivity index (χ4n) is 2.73. The van der Waals surface area contributed by atoms with E-state index in [0.717, 1.165) is 25.2 Å². The van der Waals surface area contributed by atoms with E-state index >= 15 is 0 Å². The molecule has 0 radical (unpaired) electrons. The molecule has 1 aromatic carbocycles. The quantitative estimate of drug-likeness (QED) is 0.511. The molecule has 0 aromatic heterocycles. The zero-order chi connectivity index (χ0) is 14.7. The predicted molar refractivity (Wildman–Crippen MR) is 77.0 cm³/mol. The molecule has 0 spiro atoms. The highest BCUT2D eigenvalue weighted by molar-refractivity contribution is 6.00. The molecule has 0 amide bonds. The summed E-state index contributed by atoms with van der Waals surface area (Å²) in [5.41, 5.74) is 0.871. The van der Waals surface area contributed by atoms with E-state index in [9.17, 15) is 4.39 Å². The zero-order valence-electron chi connectivity index (χ0n) is 12.3. The van der Waals surface area contributed by atoms with Crippen LogP contribution in [-0.2, 0) is 0 Å². The van der Waals surface area contributed by atoms with Crippen LogP contribution in [0.1, 0.15) is 45.6 Å². The van der Waals surface area contributed by atoms with Gasteiger partial charge in [0.2, 0.25) is 0 Å². The van der Waals surface area contributed by atoms with Gasteiger partial charge in [0, 0.05) is 5.56 Å².